The Kier molecular flexibility index (Phi) is 8.84. The molecule has 0 aliphatic rings. The lowest BCUT2D eigenvalue weighted by atomic mass is 10.0. The average molecular weight is 507 g/mol. The van der Waals surface area contributed by atoms with Gasteiger partial charge in [-0.25, -0.2) is 0 Å². The summed E-state index contributed by atoms with van der Waals surface area (Å²) in [6.07, 6.45) is 0.696. The van der Waals surface area contributed by atoms with E-state index in [0.717, 1.165) is 26.7 Å². The maximum absolute atomic E-state index is 13.6. The molecule has 1 atom stereocenters. The smallest absolute Gasteiger partial charge is 0.243 e. The average Bonchev–Trinajstić information content (AvgIpc) is 2.78. The summed E-state index contributed by atoms with van der Waals surface area (Å²) < 4.78 is 0.942. The van der Waals surface area contributed by atoms with Crippen molar-refractivity contribution in [1.29, 1.82) is 0 Å². The van der Waals surface area contributed by atoms with Crippen LogP contribution < -0.4 is 5.32 Å². The number of nitrogens with one attached hydrogen (secondary N) is 1. The molecule has 0 aromatic heterocycles. The van der Waals surface area contributed by atoms with E-state index in [9.17, 15) is 9.59 Å². The molecular formula is C28H31BrN2O2. The summed E-state index contributed by atoms with van der Waals surface area (Å²) in [6.45, 7) is 6.25. The number of amides is 2. The Balaban J connectivity index is 1.96. The van der Waals surface area contributed by atoms with Crippen molar-refractivity contribution >= 4 is 27.7 Å². The van der Waals surface area contributed by atoms with Gasteiger partial charge in [-0.3, -0.25) is 9.59 Å². The quantitative estimate of drug-likeness (QED) is 0.418. The molecule has 0 heterocycles. The van der Waals surface area contributed by atoms with Crippen molar-refractivity contribution < 1.29 is 9.59 Å². The minimum Gasteiger partial charge on any atom is -0.352 e. The monoisotopic (exact) mass is 506 g/mol. The number of rotatable bonds is 9. The van der Waals surface area contributed by atoms with Gasteiger partial charge in [0.05, 0.1) is 6.42 Å². The molecule has 4 nitrogen and oxygen atoms in total. The highest BCUT2D eigenvalue weighted by Gasteiger charge is 2.30. The van der Waals surface area contributed by atoms with Crippen LogP contribution in [0.5, 0.6) is 0 Å². The first-order valence-corrected chi connectivity index (χ1v) is 12.0. The fourth-order valence-corrected chi connectivity index (χ4v) is 4.20. The lowest BCUT2D eigenvalue weighted by Gasteiger charge is -2.32. The first-order valence-electron chi connectivity index (χ1n) is 11.3. The second-order valence-corrected chi connectivity index (χ2v) is 9.60. The molecule has 0 bridgehead atoms. The number of halogens is 1. The molecule has 3 aromatic rings. The Labute approximate surface area is 205 Å². The minimum atomic E-state index is -0.619. The topological polar surface area (TPSA) is 49.4 Å². The maximum atomic E-state index is 13.6. The van der Waals surface area contributed by atoms with E-state index in [1.807, 2.05) is 99.6 Å². The Morgan fingerprint density at radius 2 is 1.55 bits per heavy atom. The van der Waals surface area contributed by atoms with Crippen LogP contribution in [0.15, 0.2) is 83.3 Å². The lowest BCUT2D eigenvalue weighted by molar-refractivity contribution is -0.141. The van der Waals surface area contributed by atoms with Crippen molar-refractivity contribution in [2.75, 3.05) is 0 Å². The third-order valence-corrected chi connectivity index (χ3v) is 5.91. The summed E-state index contributed by atoms with van der Waals surface area (Å²) in [5.74, 6) is -0.209. The van der Waals surface area contributed by atoms with Crippen LogP contribution in [-0.2, 0) is 29.0 Å². The van der Waals surface area contributed by atoms with Gasteiger partial charge in [0, 0.05) is 23.5 Å². The third-order valence-electron chi connectivity index (χ3n) is 5.42. The molecule has 3 rings (SSSR count). The highest BCUT2D eigenvalue weighted by atomic mass is 79.9. The Hall–Kier alpha value is -2.92. The molecule has 0 saturated heterocycles. The highest BCUT2D eigenvalue weighted by Crippen LogP contribution is 2.19. The summed E-state index contributed by atoms with van der Waals surface area (Å²) in [4.78, 5) is 28.7. The van der Waals surface area contributed by atoms with E-state index in [-0.39, 0.29) is 24.3 Å². The van der Waals surface area contributed by atoms with Gasteiger partial charge in [0.15, 0.2) is 0 Å². The van der Waals surface area contributed by atoms with Crippen LogP contribution in [0.4, 0.5) is 0 Å². The van der Waals surface area contributed by atoms with E-state index >= 15 is 0 Å². The van der Waals surface area contributed by atoms with Crippen molar-refractivity contribution in [2.45, 2.75) is 52.2 Å². The summed E-state index contributed by atoms with van der Waals surface area (Å²) in [5, 5.41) is 3.02. The molecule has 33 heavy (non-hydrogen) atoms. The highest BCUT2D eigenvalue weighted by molar-refractivity contribution is 9.10. The largest absolute Gasteiger partial charge is 0.352 e. The standard InChI is InChI=1S/C28H31BrN2O2/c1-20(2)30-28(33)26(17-22-8-5-4-6-9-22)31(19-24-10-7-11-25(29)16-24)27(32)18-23-14-12-21(3)13-15-23/h4-16,20,26H,17-19H2,1-3H3,(H,30,33)/t26-/m1/s1. The van der Waals surface area contributed by atoms with Crippen LogP contribution >= 0.6 is 15.9 Å². The van der Waals surface area contributed by atoms with Crippen molar-refractivity contribution in [1.82, 2.24) is 10.2 Å². The van der Waals surface area contributed by atoms with Gasteiger partial charge < -0.3 is 10.2 Å². The van der Waals surface area contributed by atoms with E-state index in [1.165, 1.54) is 0 Å². The van der Waals surface area contributed by atoms with Gasteiger partial charge in [-0.05, 0) is 49.6 Å². The number of aryl methyl sites for hydroxylation is 1. The number of hydrogen-bond acceptors (Lipinski definition) is 2. The minimum absolute atomic E-state index is 0.0179. The number of benzene rings is 3. The lowest BCUT2D eigenvalue weighted by Crippen LogP contribution is -2.52. The number of nitrogens with zero attached hydrogens (tertiary/aromatic N) is 1. The van der Waals surface area contributed by atoms with Gasteiger partial charge in [0.2, 0.25) is 11.8 Å². The zero-order valence-electron chi connectivity index (χ0n) is 19.4. The molecule has 0 aliphatic heterocycles. The molecule has 0 unspecified atom stereocenters. The van der Waals surface area contributed by atoms with Gasteiger partial charge in [-0.15, -0.1) is 0 Å². The Bertz CT molecular complexity index is 1060. The first-order chi connectivity index (χ1) is 15.8. The number of carbonyl (C=O) groups excluding carboxylic acids is 2. The molecule has 2 amide bonds. The third kappa shape index (κ3) is 7.57. The summed E-state index contributed by atoms with van der Waals surface area (Å²) in [5.41, 5.74) is 4.07. The summed E-state index contributed by atoms with van der Waals surface area (Å²) in [7, 11) is 0. The number of carbonyl (C=O) groups is 2. The fraction of sp³-hybridized carbons (Fsp3) is 0.286. The van der Waals surface area contributed by atoms with Crippen molar-refractivity contribution in [3.05, 3.63) is 106 Å². The van der Waals surface area contributed by atoms with E-state index < -0.39 is 6.04 Å². The molecule has 0 saturated carbocycles. The molecule has 0 fully saturated rings. The second kappa shape index (κ2) is 11.8. The van der Waals surface area contributed by atoms with Crippen LogP contribution in [0.1, 0.15) is 36.1 Å². The normalized spacial score (nSPS) is 11.8. The van der Waals surface area contributed by atoms with Gasteiger partial charge in [0.1, 0.15) is 6.04 Å². The van der Waals surface area contributed by atoms with E-state index in [2.05, 4.69) is 21.2 Å². The first kappa shape index (κ1) is 24.7. The predicted molar refractivity (Wildman–Crippen MR) is 137 cm³/mol. The van der Waals surface area contributed by atoms with Crippen molar-refractivity contribution in [3.8, 4) is 0 Å². The van der Waals surface area contributed by atoms with Crippen LogP contribution in [-0.4, -0.2) is 28.8 Å². The summed E-state index contributed by atoms with van der Waals surface area (Å²) >= 11 is 3.52. The van der Waals surface area contributed by atoms with Crippen LogP contribution in [0.2, 0.25) is 0 Å². The molecular weight excluding hydrogens is 476 g/mol. The molecule has 0 spiro atoms. The molecule has 0 radical (unpaired) electrons. The zero-order valence-corrected chi connectivity index (χ0v) is 21.0. The maximum Gasteiger partial charge on any atom is 0.243 e. The van der Waals surface area contributed by atoms with Gasteiger partial charge >= 0.3 is 0 Å². The van der Waals surface area contributed by atoms with Gasteiger partial charge in [0.25, 0.3) is 0 Å². The number of hydrogen-bond donors (Lipinski definition) is 1. The van der Waals surface area contributed by atoms with Crippen LogP contribution in [0.3, 0.4) is 0 Å². The Morgan fingerprint density at radius 3 is 2.18 bits per heavy atom. The van der Waals surface area contributed by atoms with E-state index in [4.69, 9.17) is 0 Å². The van der Waals surface area contributed by atoms with Gasteiger partial charge in [-0.1, -0.05) is 88.2 Å². The zero-order chi connectivity index (χ0) is 23.8. The van der Waals surface area contributed by atoms with Crippen molar-refractivity contribution in [2.24, 2.45) is 0 Å². The van der Waals surface area contributed by atoms with E-state index in [0.29, 0.717) is 13.0 Å². The van der Waals surface area contributed by atoms with Crippen LogP contribution in [0, 0.1) is 6.92 Å². The summed E-state index contributed by atoms with van der Waals surface area (Å²) in [6, 6.07) is 25.1. The fourth-order valence-electron chi connectivity index (χ4n) is 3.75. The SMILES string of the molecule is Cc1ccc(CC(=O)N(Cc2cccc(Br)c2)[C@H](Cc2ccccc2)C(=O)NC(C)C)cc1. The van der Waals surface area contributed by atoms with Crippen molar-refractivity contribution in [3.63, 3.8) is 0 Å². The predicted octanol–water partition coefficient (Wildman–Crippen LogP) is 5.46. The second-order valence-electron chi connectivity index (χ2n) is 8.68. The van der Waals surface area contributed by atoms with Gasteiger partial charge in [-0.2, -0.15) is 0 Å². The van der Waals surface area contributed by atoms with E-state index in [1.54, 1.807) is 4.90 Å². The molecule has 5 heteroatoms. The molecule has 1 N–H and O–H groups in total. The molecule has 3 aromatic carbocycles. The molecule has 0 aliphatic carbocycles. The Morgan fingerprint density at radius 1 is 0.879 bits per heavy atom. The molecule has 172 valence electrons. The van der Waals surface area contributed by atoms with Crippen LogP contribution in [0.25, 0.3) is 0 Å².